The molecule has 1 fully saturated rings. The third-order valence-electron chi connectivity index (χ3n) is 3.14. The summed E-state index contributed by atoms with van der Waals surface area (Å²) < 4.78 is 2.04. The predicted octanol–water partition coefficient (Wildman–Crippen LogP) is 1.58. The van der Waals surface area contributed by atoms with Crippen LogP contribution in [0.4, 0.5) is 0 Å². The van der Waals surface area contributed by atoms with E-state index in [-0.39, 0.29) is 0 Å². The highest BCUT2D eigenvalue weighted by Gasteiger charge is 2.20. The Hall–Kier alpha value is -0.830. The zero-order valence-corrected chi connectivity index (χ0v) is 8.87. The summed E-state index contributed by atoms with van der Waals surface area (Å²) in [5.74, 6) is 0.749. The van der Waals surface area contributed by atoms with Crippen molar-refractivity contribution in [1.82, 2.24) is 9.78 Å². The second-order valence-corrected chi connectivity index (χ2v) is 4.20. The lowest BCUT2D eigenvalue weighted by Gasteiger charge is -2.07. The monoisotopic (exact) mass is 193 g/mol. The molecule has 1 aliphatic carbocycles. The predicted molar refractivity (Wildman–Crippen MR) is 57.2 cm³/mol. The normalized spacial score (nSPS) is 17.9. The average Bonchev–Trinajstić information content (AvgIpc) is 2.74. The van der Waals surface area contributed by atoms with Crippen molar-refractivity contribution in [2.24, 2.45) is 12.8 Å². The fraction of sp³-hybridized carbons (Fsp3) is 0.727. The van der Waals surface area contributed by atoms with E-state index in [9.17, 15) is 0 Å². The second kappa shape index (κ2) is 4.13. The summed E-state index contributed by atoms with van der Waals surface area (Å²) >= 11 is 0. The summed E-state index contributed by atoms with van der Waals surface area (Å²) in [5.41, 5.74) is 8.08. The highest BCUT2D eigenvalue weighted by Crippen LogP contribution is 2.33. The molecule has 0 spiro atoms. The molecular formula is C11H19N3. The molecule has 0 amide bonds. The summed E-state index contributed by atoms with van der Waals surface area (Å²) in [6.07, 6.45) is 6.33. The van der Waals surface area contributed by atoms with Crippen LogP contribution < -0.4 is 5.73 Å². The molecule has 0 saturated heterocycles. The Morgan fingerprint density at radius 1 is 1.50 bits per heavy atom. The van der Waals surface area contributed by atoms with Crippen LogP contribution in [0.15, 0.2) is 6.07 Å². The van der Waals surface area contributed by atoms with Crippen LogP contribution in [-0.4, -0.2) is 16.3 Å². The number of aromatic nitrogens is 2. The molecule has 0 unspecified atom stereocenters. The van der Waals surface area contributed by atoms with Gasteiger partial charge < -0.3 is 5.73 Å². The van der Waals surface area contributed by atoms with Crippen LogP contribution in [0.3, 0.4) is 0 Å². The Bertz CT molecular complexity index is 297. The summed E-state index contributed by atoms with van der Waals surface area (Å²) in [7, 11) is 2.05. The molecule has 3 nitrogen and oxygen atoms in total. The molecule has 14 heavy (non-hydrogen) atoms. The van der Waals surface area contributed by atoms with Crippen molar-refractivity contribution >= 4 is 0 Å². The molecule has 78 valence electrons. The maximum atomic E-state index is 5.52. The Balaban J connectivity index is 2.15. The largest absolute Gasteiger partial charge is 0.330 e. The molecule has 0 radical (unpaired) electrons. The van der Waals surface area contributed by atoms with Gasteiger partial charge in [0.15, 0.2) is 0 Å². The van der Waals surface area contributed by atoms with E-state index >= 15 is 0 Å². The second-order valence-electron chi connectivity index (χ2n) is 4.20. The van der Waals surface area contributed by atoms with Gasteiger partial charge in [-0.3, -0.25) is 4.68 Å². The SMILES string of the molecule is Cn1nc(CCN)cc1C1CCCC1. The van der Waals surface area contributed by atoms with E-state index in [1.807, 2.05) is 11.7 Å². The van der Waals surface area contributed by atoms with Crippen molar-refractivity contribution < 1.29 is 0 Å². The lowest BCUT2D eigenvalue weighted by Crippen LogP contribution is -2.04. The van der Waals surface area contributed by atoms with E-state index in [0.717, 1.165) is 18.0 Å². The van der Waals surface area contributed by atoms with Gasteiger partial charge in [-0.25, -0.2) is 0 Å². The van der Waals surface area contributed by atoms with Crippen molar-refractivity contribution in [2.45, 2.75) is 38.0 Å². The number of nitrogens with two attached hydrogens (primary N) is 1. The Kier molecular flexibility index (Phi) is 2.87. The molecule has 1 saturated carbocycles. The number of aryl methyl sites for hydroxylation is 1. The van der Waals surface area contributed by atoms with Crippen molar-refractivity contribution in [2.75, 3.05) is 6.54 Å². The van der Waals surface area contributed by atoms with Crippen molar-refractivity contribution in [3.05, 3.63) is 17.5 Å². The molecule has 1 heterocycles. The smallest absolute Gasteiger partial charge is 0.0640 e. The fourth-order valence-electron chi connectivity index (χ4n) is 2.42. The number of nitrogens with zero attached hydrogens (tertiary/aromatic N) is 2. The molecule has 2 rings (SSSR count). The van der Waals surface area contributed by atoms with Crippen molar-refractivity contribution in [1.29, 1.82) is 0 Å². The molecule has 1 aromatic rings. The lowest BCUT2D eigenvalue weighted by molar-refractivity contribution is 0.613. The van der Waals surface area contributed by atoms with E-state index in [0.29, 0.717) is 6.54 Å². The molecule has 0 atom stereocenters. The summed E-state index contributed by atoms with van der Waals surface area (Å²) in [6.45, 7) is 0.696. The van der Waals surface area contributed by atoms with Crippen LogP contribution in [0.5, 0.6) is 0 Å². The standard InChI is InChI=1S/C11H19N3/c1-14-11(9-4-2-3-5-9)8-10(13-14)6-7-12/h8-9H,2-7,12H2,1H3. The van der Waals surface area contributed by atoms with Gasteiger partial charge in [0.05, 0.1) is 5.69 Å². The van der Waals surface area contributed by atoms with Crippen LogP contribution in [0.2, 0.25) is 0 Å². The van der Waals surface area contributed by atoms with Gasteiger partial charge in [0.25, 0.3) is 0 Å². The molecule has 0 bridgehead atoms. The molecular weight excluding hydrogens is 174 g/mol. The average molecular weight is 193 g/mol. The molecule has 0 aliphatic heterocycles. The van der Waals surface area contributed by atoms with Gasteiger partial charge in [0.1, 0.15) is 0 Å². The number of rotatable bonds is 3. The maximum absolute atomic E-state index is 5.52. The highest BCUT2D eigenvalue weighted by atomic mass is 15.3. The molecule has 2 N–H and O–H groups in total. The summed E-state index contributed by atoms with van der Waals surface area (Å²) in [6, 6.07) is 2.24. The van der Waals surface area contributed by atoms with Gasteiger partial charge in [-0.15, -0.1) is 0 Å². The fourth-order valence-corrected chi connectivity index (χ4v) is 2.42. The zero-order chi connectivity index (χ0) is 9.97. The van der Waals surface area contributed by atoms with Crippen LogP contribution in [-0.2, 0) is 13.5 Å². The summed E-state index contributed by atoms with van der Waals surface area (Å²) in [4.78, 5) is 0. The van der Waals surface area contributed by atoms with E-state index in [1.54, 1.807) is 0 Å². The van der Waals surface area contributed by atoms with Crippen molar-refractivity contribution in [3.63, 3.8) is 0 Å². The Morgan fingerprint density at radius 3 is 2.86 bits per heavy atom. The highest BCUT2D eigenvalue weighted by molar-refractivity contribution is 5.16. The topological polar surface area (TPSA) is 43.8 Å². The van der Waals surface area contributed by atoms with E-state index in [1.165, 1.54) is 31.4 Å². The Labute approximate surface area is 85.3 Å². The third kappa shape index (κ3) is 1.82. The maximum Gasteiger partial charge on any atom is 0.0640 e. The molecule has 1 aliphatic rings. The first-order valence-electron chi connectivity index (χ1n) is 5.54. The quantitative estimate of drug-likeness (QED) is 0.792. The minimum absolute atomic E-state index is 0.696. The zero-order valence-electron chi connectivity index (χ0n) is 8.87. The number of hydrogen-bond acceptors (Lipinski definition) is 2. The van der Waals surface area contributed by atoms with E-state index < -0.39 is 0 Å². The van der Waals surface area contributed by atoms with Gasteiger partial charge in [-0.05, 0) is 25.5 Å². The van der Waals surface area contributed by atoms with Crippen LogP contribution >= 0.6 is 0 Å². The van der Waals surface area contributed by atoms with Gasteiger partial charge in [0.2, 0.25) is 0 Å². The minimum Gasteiger partial charge on any atom is -0.330 e. The third-order valence-corrected chi connectivity index (χ3v) is 3.14. The van der Waals surface area contributed by atoms with Crippen LogP contribution in [0.25, 0.3) is 0 Å². The minimum atomic E-state index is 0.696. The van der Waals surface area contributed by atoms with Gasteiger partial charge >= 0.3 is 0 Å². The van der Waals surface area contributed by atoms with E-state index in [4.69, 9.17) is 5.73 Å². The van der Waals surface area contributed by atoms with Gasteiger partial charge in [0, 0.05) is 25.1 Å². The van der Waals surface area contributed by atoms with Crippen LogP contribution in [0.1, 0.15) is 43.0 Å². The van der Waals surface area contributed by atoms with Crippen LogP contribution in [0, 0.1) is 0 Å². The number of hydrogen-bond donors (Lipinski definition) is 1. The first-order valence-corrected chi connectivity index (χ1v) is 5.54. The first-order chi connectivity index (χ1) is 6.81. The van der Waals surface area contributed by atoms with Gasteiger partial charge in [-0.2, -0.15) is 5.10 Å². The lowest BCUT2D eigenvalue weighted by atomic mass is 10.0. The summed E-state index contributed by atoms with van der Waals surface area (Å²) in [5, 5.41) is 4.48. The molecule has 3 heteroatoms. The van der Waals surface area contributed by atoms with Crippen molar-refractivity contribution in [3.8, 4) is 0 Å². The van der Waals surface area contributed by atoms with Gasteiger partial charge in [-0.1, -0.05) is 12.8 Å². The molecule has 1 aromatic heterocycles. The van der Waals surface area contributed by atoms with E-state index in [2.05, 4.69) is 11.2 Å². The first kappa shape index (κ1) is 9.71. The molecule has 0 aromatic carbocycles. The Morgan fingerprint density at radius 2 is 2.21 bits per heavy atom.